The van der Waals surface area contributed by atoms with Gasteiger partial charge < -0.3 is 15.6 Å². The highest BCUT2D eigenvalue weighted by atomic mass is 79.9. The second kappa shape index (κ2) is 4.23. The molecule has 0 bridgehead atoms. The lowest BCUT2D eigenvalue weighted by Crippen LogP contribution is -2.19. The van der Waals surface area contributed by atoms with Crippen molar-refractivity contribution in [3.63, 3.8) is 0 Å². The number of nitrogens with two attached hydrogens (primary N) is 1. The molecule has 84 valence electrons. The van der Waals surface area contributed by atoms with Crippen molar-refractivity contribution in [2.45, 2.75) is 12.9 Å². The van der Waals surface area contributed by atoms with Crippen LogP contribution in [-0.2, 0) is 6.54 Å². The second-order valence-corrected chi connectivity index (χ2v) is 3.35. The number of hydrogen-bond donors (Lipinski definition) is 2. The quantitative estimate of drug-likeness (QED) is 0.871. The Labute approximate surface area is 91.0 Å². The first-order chi connectivity index (χ1) is 6.83. The van der Waals surface area contributed by atoms with Crippen LogP contribution in [0, 0.1) is 0 Å². The maximum absolute atomic E-state index is 11.9. The van der Waals surface area contributed by atoms with Crippen LogP contribution in [0.4, 0.5) is 13.2 Å². The van der Waals surface area contributed by atoms with Crippen molar-refractivity contribution in [2.75, 3.05) is 0 Å². The number of aromatic hydroxyl groups is 1. The number of nitrogens with zero attached hydrogens (tertiary/aromatic N) is 1. The van der Waals surface area contributed by atoms with E-state index in [2.05, 4.69) is 25.7 Å². The van der Waals surface area contributed by atoms with Crippen molar-refractivity contribution < 1.29 is 23.0 Å². The number of pyridine rings is 1. The topological polar surface area (TPSA) is 68.4 Å². The van der Waals surface area contributed by atoms with Crippen LogP contribution in [0.3, 0.4) is 0 Å². The molecule has 1 rings (SSSR count). The Morgan fingerprint density at radius 1 is 1.53 bits per heavy atom. The summed E-state index contributed by atoms with van der Waals surface area (Å²) in [4.78, 5) is 3.41. The molecule has 15 heavy (non-hydrogen) atoms. The maximum Gasteiger partial charge on any atom is 0.574 e. The van der Waals surface area contributed by atoms with Gasteiger partial charge >= 0.3 is 6.36 Å². The zero-order valence-electron chi connectivity index (χ0n) is 7.18. The summed E-state index contributed by atoms with van der Waals surface area (Å²) in [5.41, 5.74) is 5.09. The Kier molecular flexibility index (Phi) is 3.40. The van der Waals surface area contributed by atoms with Gasteiger partial charge in [-0.1, -0.05) is 0 Å². The van der Waals surface area contributed by atoms with Crippen LogP contribution in [0.15, 0.2) is 10.5 Å². The van der Waals surface area contributed by atoms with Crippen LogP contribution in [0.2, 0.25) is 0 Å². The molecule has 0 saturated heterocycles. The van der Waals surface area contributed by atoms with E-state index < -0.39 is 12.2 Å². The number of alkyl halides is 3. The van der Waals surface area contributed by atoms with Crippen LogP contribution < -0.4 is 10.5 Å². The Morgan fingerprint density at radius 3 is 2.60 bits per heavy atom. The minimum Gasteiger partial charge on any atom is -0.506 e. The molecule has 0 atom stereocenters. The van der Waals surface area contributed by atoms with E-state index in [0.29, 0.717) is 0 Å². The molecule has 1 aromatic heterocycles. The molecule has 1 heterocycles. The average Bonchev–Trinajstić information content (AvgIpc) is 2.07. The van der Waals surface area contributed by atoms with Gasteiger partial charge in [0.25, 0.3) is 0 Å². The Balaban J connectivity index is 3.08. The van der Waals surface area contributed by atoms with Crippen molar-refractivity contribution >= 4 is 15.9 Å². The van der Waals surface area contributed by atoms with E-state index in [1.54, 1.807) is 0 Å². The fourth-order valence-corrected chi connectivity index (χ4v) is 1.22. The van der Waals surface area contributed by atoms with Crippen molar-refractivity contribution in [3.8, 4) is 11.6 Å². The zero-order chi connectivity index (χ0) is 11.6. The average molecular weight is 287 g/mol. The molecule has 0 saturated carbocycles. The van der Waals surface area contributed by atoms with Gasteiger partial charge in [-0.2, -0.15) is 0 Å². The molecule has 4 nitrogen and oxygen atoms in total. The van der Waals surface area contributed by atoms with E-state index in [1.807, 2.05) is 0 Å². The summed E-state index contributed by atoms with van der Waals surface area (Å²) in [5.74, 6) is -0.973. The third-order valence-electron chi connectivity index (χ3n) is 1.41. The van der Waals surface area contributed by atoms with Crippen molar-refractivity contribution in [3.05, 3.63) is 16.2 Å². The largest absolute Gasteiger partial charge is 0.574 e. The van der Waals surface area contributed by atoms with E-state index in [0.717, 1.165) is 6.07 Å². The predicted octanol–water partition coefficient (Wildman–Crippen LogP) is 1.91. The smallest absolute Gasteiger partial charge is 0.506 e. The minimum atomic E-state index is -4.83. The molecule has 0 amide bonds. The van der Waals surface area contributed by atoms with E-state index in [9.17, 15) is 18.3 Å². The first-order valence-electron chi connectivity index (χ1n) is 3.67. The molecule has 0 spiro atoms. The number of rotatable bonds is 2. The molecular weight excluding hydrogens is 281 g/mol. The normalized spacial score (nSPS) is 11.5. The van der Waals surface area contributed by atoms with Gasteiger partial charge in [-0.25, -0.2) is 4.98 Å². The molecule has 0 aromatic carbocycles. The van der Waals surface area contributed by atoms with Crippen molar-refractivity contribution in [2.24, 2.45) is 5.73 Å². The van der Waals surface area contributed by atoms with Crippen molar-refractivity contribution in [1.29, 1.82) is 0 Å². The van der Waals surface area contributed by atoms with Gasteiger partial charge in [0.15, 0.2) is 0 Å². The summed E-state index contributed by atoms with van der Waals surface area (Å²) in [7, 11) is 0. The molecule has 0 aliphatic heterocycles. The fraction of sp³-hybridized carbons (Fsp3) is 0.286. The van der Waals surface area contributed by atoms with Gasteiger partial charge in [-0.05, 0) is 15.9 Å². The monoisotopic (exact) mass is 286 g/mol. The number of hydrogen-bond acceptors (Lipinski definition) is 4. The molecule has 0 aliphatic carbocycles. The van der Waals surface area contributed by atoms with Crippen LogP contribution in [-0.4, -0.2) is 16.5 Å². The van der Waals surface area contributed by atoms with E-state index in [1.165, 1.54) is 0 Å². The Hall–Kier alpha value is -1.02. The number of ether oxygens (including phenoxy) is 1. The molecular formula is C7H6BrF3N2O2. The Bertz CT molecular complexity index is 370. The lowest BCUT2D eigenvalue weighted by molar-refractivity contribution is -0.276. The van der Waals surface area contributed by atoms with Crippen LogP contribution in [0.5, 0.6) is 11.6 Å². The number of aromatic nitrogens is 1. The lowest BCUT2D eigenvalue weighted by atomic mass is 10.3. The van der Waals surface area contributed by atoms with Gasteiger partial charge in [0.1, 0.15) is 5.75 Å². The summed E-state index contributed by atoms with van der Waals surface area (Å²) in [6, 6.07) is 1.04. The first-order valence-corrected chi connectivity index (χ1v) is 4.47. The van der Waals surface area contributed by atoms with E-state index >= 15 is 0 Å². The Morgan fingerprint density at radius 2 is 2.13 bits per heavy atom. The minimum absolute atomic E-state index is 0.0718. The number of halogens is 4. The third kappa shape index (κ3) is 3.24. The zero-order valence-corrected chi connectivity index (χ0v) is 8.76. The first kappa shape index (κ1) is 12.1. The standard InChI is InChI=1S/C7H6BrF3N2O2/c8-3-1-5(14)4(2-12)13-6(3)15-7(9,10)11/h1,14H,2,12H2. The molecule has 3 N–H and O–H groups in total. The van der Waals surface area contributed by atoms with Gasteiger partial charge in [0.2, 0.25) is 5.88 Å². The van der Waals surface area contributed by atoms with Gasteiger partial charge in [-0.15, -0.1) is 13.2 Å². The van der Waals surface area contributed by atoms with E-state index in [-0.39, 0.29) is 22.5 Å². The summed E-state index contributed by atoms with van der Waals surface area (Å²) in [6.45, 7) is -0.187. The highest BCUT2D eigenvalue weighted by Crippen LogP contribution is 2.32. The summed E-state index contributed by atoms with van der Waals surface area (Å²) in [6.07, 6.45) is -4.83. The molecule has 8 heteroatoms. The highest BCUT2D eigenvalue weighted by Gasteiger charge is 2.33. The highest BCUT2D eigenvalue weighted by molar-refractivity contribution is 9.10. The molecule has 1 aromatic rings. The second-order valence-electron chi connectivity index (χ2n) is 2.49. The predicted molar refractivity (Wildman–Crippen MR) is 48.2 cm³/mol. The van der Waals surface area contributed by atoms with Crippen LogP contribution >= 0.6 is 15.9 Å². The molecule has 0 unspecified atom stereocenters. The summed E-state index contributed by atoms with van der Waals surface area (Å²) >= 11 is 2.77. The van der Waals surface area contributed by atoms with E-state index in [4.69, 9.17) is 5.73 Å². The summed E-state index contributed by atoms with van der Waals surface area (Å²) in [5, 5.41) is 9.20. The lowest BCUT2D eigenvalue weighted by Gasteiger charge is -2.11. The third-order valence-corrected chi connectivity index (χ3v) is 1.97. The SMILES string of the molecule is NCc1nc(OC(F)(F)F)c(Br)cc1O. The van der Waals surface area contributed by atoms with Crippen LogP contribution in [0.1, 0.15) is 5.69 Å². The molecule has 0 aliphatic rings. The maximum atomic E-state index is 11.9. The van der Waals surface area contributed by atoms with Gasteiger partial charge in [0, 0.05) is 12.6 Å². The summed E-state index contributed by atoms with van der Waals surface area (Å²) < 4.78 is 39.1. The fourth-order valence-electron chi connectivity index (χ4n) is 0.830. The molecule has 0 fully saturated rings. The van der Waals surface area contributed by atoms with Crippen LogP contribution in [0.25, 0.3) is 0 Å². The van der Waals surface area contributed by atoms with Gasteiger partial charge in [0.05, 0.1) is 10.2 Å². The molecule has 0 radical (unpaired) electrons. The van der Waals surface area contributed by atoms with Gasteiger partial charge in [-0.3, -0.25) is 0 Å². The van der Waals surface area contributed by atoms with Crippen molar-refractivity contribution in [1.82, 2.24) is 4.98 Å².